The normalized spacial score (nSPS) is 12.1. The Hall–Kier alpha value is -9.52. The Balaban J connectivity index is 0.772. The van der Waals surface area contributed by atoms with E-state index in [1.54, 1.807) is 0 Å². The van der Waals surface area contributed by atoms with Crippen molar-refractivity contribution in [1.29, 1.82) is 0 Å². The van der Waals surface area contributed by atoms with Crippen LogP contribution in [-0.4, -0.2) is 0 Å². The second-order valence-corrected chi connectivity index (χ2v) is 22.1. The molecule has 0 fully saturated rings. The van der Waals surface area contributed by atoms with Crippen LogP contribution in [0, 0.1) is 0 Å². The third-order valence-electron chi connectivity index (χ3n) is 15.4. The topological polar surface area (TPSA) is 19.6 Å². The molecular weight excluding hydrogens is 985 g/mol. The first-order chi connectivity index (χ1) is 38.7. The van der Waals surface area contributed by atoms with Gasteiger partial charge < -0.3 is 14.2 Å². The third-order valence-corrected chi connectivity index (χ3v) is 17.8. The summed E-state index contributed by atoms with van der Waals surface area (Å²) in [6, 6.07) is 104. The Morgan fingerprint density at radius 1 is 0.269 bits per heavy atom. The molecule has 0 aliphatic heterocycles. The summed E-state index contributed by atoms with van der Waals surface area (Å²) in [5, 5.41) is 7.40. The van der Waals surface area contributed by atoms with Crippen molar-refractivity contribution >= 4 is 119 Å². The maximum Gasteiger partial charge on any atom is 0.137 e. The summed E-state index contributed by atoms with van der Waals surface area (Å²) in [4.78, 5) is 4.63. The Bertz CT molecular complexity index is 4620. The van der Waals surface area contributed by atoms with Crippen LogP contribution >= 0.6 is 22.7 Å². The smallest absolute Gasteiger partial charge is 0.137 e. The van der Waals surface area contributed by atoms with E-state index >= 15 is 0 Å². The predicted octanol–water partition coefficient (Wildman–Crippen LogP) is 21.8. The van der Waals surface area contributed by atoms with Crippen LogP contribution in [-0.2, 0) is 0 Å². The van der Waals surface area contributed by atoms with Crippen LogP contribution in [0.5, 0.6) is 0 Å². The van der Waals surface area contributed by atoms with Crippen LogP contribution in [0.1, 0.15) is 22.6 Å². The van der Waals surface area contributed by atoms with E-state index in [9.17, 15) is 0 Å². The highest BCUT2D eigenvalue weighted by molar-refractivity contribution is 7.26. The minimum atomic E-state index is 0.0358. The zero-order chi connectivity index (χ0) is 51.5. The van der Waals surface area contributed by atoms with Gasteiger partial charge in [-0.05, 0) is 142 Å². The van der Waals surface area contributed by atoms with Crippen molar-refractivity contribution in [1.82, 2.24) is 0 Å². The number of benzene rings is 12. The van der Waals surface area contributed by atoms with E-state index in [2.05, 4.69) is 283 Å². The van der Waals surface area contributed by atoms with Gasteiger partial charge in [0.05, 0.1) is 0 Å². The fourth-order valence-electron chi connectivity index (χ4n) is 11.7. The van der Waals surface area contributed by atoms with Gasteiger partial charge >= 0.3 is 0 Å². The molecule has 0 amide bonds. The van der Waals surface area contributed by atoms with Gasteiger partial charge in [-0.3, -0.25) is 0 Å². The molecule has 15 rings (SSSR count). The summed E-state index contributed by atoms with van der Waals surface area (Å²) in [5.41, 5.74) is 17.1. The van der Waals surface area contributed by atoms with E-state index in [0.717, 1.165) is 56.1 Å². The second-order valence-electron chi connectivity index (χ2n) is 20.0. The van der Waals surface area contributed by atoms with Gasteiger partial charge in [-0.25, -0.2) is 0 Å². The maximum absolute atomic E-state index is 6.36. The fraction of sp³-hybridized carbons (Fsp3) is 0.0137. The minimum absolute atomic E-state index is 0.0358. The summed E-state index contributed by atoms with van der Waals surface area (Å²) in [7, 11) is 0. The highest BCUT2D eigenvalue weighted by Crippen LogP contribution is 2.47. The van der Waals surface area contributed by atoms with Gasteiger partial charge in [-0.15, -0.1) is 22.7 Å². The Morgan fingerprint density at radius 2 is 0.679 bits per heavy atom. The lowest BCUT2D eigenvalue weighted by molar-refractivity contribution is 0.669. The predicted molar refractivity (Wildman–Crippen MR) is 334 cm³/mol. The molecule has 0 N–H and O–H groups in total. The number of nitrogens with zero attached hydrogens (tertiary/aromatic N) is 2. The number of furan rings is 1. The van der Waals surface area contributed by atoms with Crippen molar-refractivity contribution < 1.29 is 4.42 Å². The first-order valence-electron chi connectivity index (χ1n) is 26.5. The van der Waals surface area contributed by atoms with Crippen LogP contribution in [0.4, 0.5) is 34.1 Å². The molecule has 1 atom stereocenters. The lowest BCUT2D eigenvalue weighted by Crippen LogP contribution is -2.09. The molecule has 78 heavy (non-hydrogen) atoms. The van der Waals surface area contributed by atoms with Crippen molar-refractivity contribution in [2.75, 3.05) is 9.80 Å². The number of thiophene rings is 2. The highest BCUT2D eigenvalue weighted by Gasteiger charge is 2.22. The SMILES string of the molecule is c1ccc(C(c2ccc3sc4c(-c5ccc(N(c6ccccc6)c6ccccc6)cc5)cccc4c3c2)c2ccc3sc4c(-c5ccc(N(c6ccccc6)c6ccc7c(c6)oc6ccccc67)cc5)cccc4c3c2)cc1. The quantitative estimate of drug-likeness (QED) is 0.120. The van der Waals surface area contributed by atoms with Gasteiger partial charge in [0.2, 0.25) is 0 Å². The molecule has 15 aromatic rings. The maximum atomic E-state index is 6.36. The molecule has 0 radical (unpaired) electrons. The molecular formula is C73H48N2OS2. The molecule has 5 heteroatoms. The average Bonchev–Trinajstić information content (AvgIpc) is 4.21. The summed E-state index contributed by atoms with van der Waals surface area (Å²) >= 11 is 3.77. The summed E-state index contributed by atoms with van der Waals surface area (Å²) in [6.45, 7) is 0. The standard InChI is InChI=1S/C73H48N2OS2/c1-5-17-50(18-6-1)71(51-35-43-69-65(45-51)63-28-15-26-59(72(63)77-69)48-31-37-56(38-32-48)74(53-19-7-2-8-20-53)54-21-9-3-10-22-54)52-36-44-70-66(46-52)64-29-16-27-60(73(64)78-70)49-33-39-57(40-34-49)75(55-23-11-4-12-24-55)58-41-42-62-61-25-13-14-30-67(61)76-68(62)47-58/h1-47,71H. The molecule has 12 aromatic carbocycles. The zero-order valence-electron chi connectivity index (χ0n) is 42.3. The second kappa shape index (κ2) is 19.2. The first kappa shape index (κ1) is 45.8. The first-order valence-corrected chi connectivity index (χ1v) is 28.1. The average molecular weight is 1030 g/mol. The molecule has 0 aliphatic rings. The van der Waals surface area contributed by atoms with Crippen LogP contribution in [0.25, 0.3) is 84.5 Å². The molecule has 0 saturated heterocycles. The Labute approximate surface area is 460 Å². The summed E-state index contributed by atoms with van der Waals surface area (Å²) < 4.78 is 11.5. The van der Waals surface area contributed by atoms with Crippen LogP contribution in [0.15, 0.2) is 290 Å². The van der Waals surface area contributed by atoms with E-state index in [1.165, 1.54) is 79.3 Å². The van der Waals surface area contributed by atoms with Gasteiger partial charge in [0.25, 0.3) is 0 Å². The zero-order valence-corrected chi connectivity index (χ0v) is 44.0. The molecule has 368 valence electrons. The van der Waals surface area contributed by atoms with E-state index in [0.29, 0.717) is 0 Å². The van der Waals surface area contributed by atoms with Crippen molar-refractivity contribution in [3.63, 3.8) is 0 Å². The van der Waals surface area contributed by atoms with Gasteiger partial charge in [0.15, 0.2) is 0 Å². The number of anilines is 6. The van der Waals surface area contributed by atoms with Crippen LogP contribution < -0.4 is 9.80 Å². The number of hydrogen-bond acceptors (Lipinski definition) is 5. The summed E-state index contributed by atoms with van der Waals surface area (Å²) in [5.74, 6) is 0.0358. The van der Waals surface area contributed by atoms with Gasteiger partial charge in [0, 0.05) is 97.2 Å². The minimum Gasteiger partial charge on any atom is -0.456 e. The van der Waals surface area contributed by atoms with Crippen molar-refractivity contribution in [3.8, 4) is 22.3 Å². The van der Waals surface area contributed by atoms with Crippen LogP contribution in [0.3, 0.4) is 0 Å². The van der Waals surface area contributed by atoms with Gasteiger partial charge in [0.1, 0.15) is 11.2 Å². The number of fused-ring (bicyclic) bond motifs is 9. The molecule has 0 saturated carbocycles. The van der Waals surface area contributed by atoms with Gasteiger partial charge in [-0.1, -0.05) is 176 Å². The van der Waals surface area contributed by atoms with Crippen molar-refractivity contribution in [2.24, 2.45) is 0 Å². The largest absolute Gasteiger partial charge is 0.456 e. The van der Waals surface area contributed by atoms with Crippen LogP contribution in [0.2, 0.25) is 0 Å². The molecule has 3 heterocycles. The monoisotopic (exact) mass is 1030 g/mol. The molecule has 1 unspecified atom stereocenters. The highest BCUT2D eigenvalue weighted by atomic mass is 32.1. The fourth-order valence-corrected chi connectivity index (χ4v) is 14.2. The molecule has 3 nitrogen and oxygen atoms in total. The summed E-state index contributed by atoms with van der Waals surface area (Å²) in [6.07, 6.45) is 0. The third kappa shape index (κ3) is 8.02. The van der Waals surface area contributed by atoms with E-state index in [-0.39, 0.29) is 5.92 Å². The number of para-hydroxylation sites is 4. The molecule has 3 aromatic heterocycles. The van der Waals surface area contributed by atoms with E-state index in [4.69, 9.17) is 4.42 Å². The van der Waals surface area contributed by atoms with Gasteiger partial charge in [-0.2, -0.15) is 0 Å². The van der Waals surface area contributed by atoms with Crippen molar-refractivity contribution in [2.45, 2.75) is 5.92 Å². The molecule has 0 aliphatic carbocycles. The lowest BCUT2D eigenvalue weighted by atomic mass is 9.84. The Morgan fingerprint density at radius 3 is 1.19 bits per heavy atom. The molecule has 0 spiro atoms. The lowest BCUT2D eigenvalue weighted by Gasteiger charge is -2.25. The van der Waals surface area contributed by atoms with E-state index in [1.807, 2.05) is 34.8 Å². The van der Waals surface area contributed by atoms with E-state index < -0.39 is 0 Å². The number of rotatable bonds is 11. The molecule has 0 bridgehead atoms. The van der Waals surface area contributed by atoms with Crippen molar-refractivity contribution in [3.05, 3.63) is 302 Å². The Kier molecular flexibility index (Phi) is 11.3. The number of hydrogen-bond donors (Lipinski definition) is 0.